The van der Waals surface area contributed by atoms with Gasteiger partial charge < -0.3 is 9.52 Å². The monoisotopic (exact) mass is 184 g/mol. The Bertz CT molecular complexity index is 351. The minimum atomic E-state index is 0. The van der Waals surface area contributed by atoms with Crippen molar-refractivity contribution in [1.29, 1.82) is 0 Å². The molecule has 0 unspecified atom stereocenters. The summed E-state index contributed by atoms with van der Waals surface area (Å²) in [6.07, 6.45) is 1.63. The van der Waals surface area contributed by atoms with Gasteiger partial charge in [0.15, 0.2) is 0 Å². The summed E-state index contributed by atoms with van der Waals surface area (Å²) in [5, 5.41) is 9.02. The summed E-state index contributed by atoms with van der Waals surface area (Å²) >= 11 is 0. The van der Waals surface area contributed by atoms with Crippen LogP contribution in [0.4, 0.5) is 0 Å². The summed E-state index contributed by atoms with van der Waals surface area (Å²) < 4.78 is 5.18. The van der Waals surface area contributed by atoms with Crippen molar-refractivity contribution in [2.45, 2.75) is 0 Å². The first-order valence-corrected chi connectivity index (χ1v) is 3.69. The van der Waals surface area contributed by atoms with Gasteiger partial charge in [0.25, 0.3) is 0 Å². The molecule has 0 aliphatic carbocycles. The van der Waals surface area contributed by atoms with Gasteiger partial charge in [0.1, 0.15) is 11.5 Å². The Morgan fingerprint density at radius 1 is 1.00 bits per heavy atom. The first kappa shape index (κ1) is 10.4. The zero-order valence-electron chi connectivity index (χ0n) is 6.40. The molecule has 0 radical (unpaired) electrons. The molecule has 13 heavy (non-hydrogen) atoms. The number of benzene rings is 1. The molecule has 0 aliphatic rings. The van der Waals surface area contributed by atoms with E-state index in [4.69, 9.17) is 9.52 Å². The molecule has 0 spiro atoms. The Morgan fingerprint density at radius 3 is 2.23 bits per heavy atom. The topological polar surface area (TPSA) is 33.4 Å². The van der Waals surface area contributed by atoms with Gasteiger partial charge in [-0.3, -0.25) is 0 Å². The summed E-state index contributed by atoms with van der Waals surface area (Å²) in [5.41, 5.74) is 0.970. The van der Waals surface area contributed by atoms with E-state index in [1.807, 2.05) is 24.3 Å². The third-order valence-corrected chi connectivity index (χ3v) is 1.67. The molecule has 0 bridgehead atoms. The van der Waals surface area contributed by atoms with Crippen LogP contribution in [0.5, 0.6) is 5.75 Å². The Balaban J connectivity index is 0.000000845. The summed E-state index contributed by atoms with van der Waals surface area (Å²) in [7, 11) is 0. The number of aromatic hydroxyl groups is 1. The molecule has 0 saturated carbocycles. The van der Waals surface area contributed by atoms with Gasteiger partial charge in [-0.1, -0.05) is 0 Å². The predicted molar refractivity (Wildman–Crippen MR) is 53.0 cm³/mol. The van der Waals surface area contributed by atoms with Crippen LogP contribution in [0.15, 0.2) is 47.1 Å². The van der Waals surface area contributed by atoms with E-state index in [0.717, 1.165) is 11.3 Å². The Labute approximate surface area is 98.5 Å². The maximum atomic E-state index is 9.02. The number of hydrogen-bond acceptors (Lipinski definition) is 2. The van der Waals surface area contributed by atoms with E-state index >= 15 is 0 Å². The zero-order valence-corrected chi connectivity index (χ0v) is 6.40. The van der Waals surface area contributed by atoms with Crippen LogP contribution in [-0.4, -0.2) is 34.7 Å². The summed E-state index contributed by atoms with van der Waals surface area (Å²) in [5.74, 6) is 1.08. The molecule has 1 aromatic carbocycles. The SMILES string of the molecule is Oc1ccc(-c2ccco2)cc1.[NaH]. The van der Waals surface area contributed by atoms with Crippen LogP contribution in [0, 0.1) is 0 Å². The summed E-state index contributed by atoms with van der Waals surface area (Å²) in [4.78, 5) is 0. The van der Waals surface area contributed by atoms with Crippen molar-refractivity contribution in [3.05, 3.63) is 42.7 Å². The van der Waals surface area contributed by atoms with Crippen LogP contribution < -0.4 is 0 Å². The molecule has 1 aromatic heterocycles. The van der Waals surface area contributed by atoms with Crippen molar-refractivity contribution in [2.75, 3.05) is 0 Å². The second kappa shape index (κ2) is 4.51. The van der Waals surface area contributed by atoms with Crippen molar-refractivity contribution >= 4 is 29.6 Å². The Kier molecular flexibility index (Phi) is 3.60. The van der Waals surface area contributed by atoms with Crippen molar-refractivity contribution < 1.29 is 9.52 Å². The van der Waals surface area contributed by atoms with Crippen molar-refractivity contribution in [2.24, 2.45) is 0 Å². The molecule has 3 heteroatoms. The maximum absolute atomic E-state index is 9.02. The molecule has 0 saturated heterocycles. The van der Waals surface area contributed by atoms with Gasteiger partial charge in [-0.25, -0.2) is 0 Å². The van der Waals surface area contributed by atoms with E-state index in [-0.39, 0.29) is 35.3 Å². The van der Waals surface area contributed by atoms with Crippen molar-refractivity contribution in [3.8, 4) is 17.1 Å². The molecule has 2 rings (SSSR count). The van der Waals surface area contributed by atoms with Crippen molar-refractivity contribution in [3.63, 3.8) is 0 Å². The van der Waals surface area contributed by atoms with E-state index in [1.165, 1.54) is 0 Å². The molecule has 0 amide bonds. The fourth-order valence-electron chi connectivity index (χ4n) is 1.07. The fourth-order valence-corrected chi connectivity index (χ4v) is 1.07. The average Bonchev–Trinajstić information content (AvgIpc) is 2.58. The minimum absolute atomic E-state index is 0. The third kappa shape index (κ3) is 2.37. The molecule has 1 heterocycles. The summed E-state index contributed by atoms with van der Waals surface area (Å²) in [6, 6.07) is 10.6. The number of furan rings is 1. The Morgan fingerprint density at radius 2 is 1.69 bits per heavy atom. The van der Waals surface area contributed by atoms with Crippen molar-refractivity contribution in [1.82, 2.24) is 0 Å². The number of hydrogen-bond donors (Lipinski definition) is 1. The van der Waals surface area contributed by atoms with E-state index < -0.39 is 0 Å². The predicted octanol–water partition coefficient (Wildman–Crippen LogP) is 2.00. The molecular formula is C10H9NaO2. The fraction of sp³-hybridized carbons (Fsp3) is 0. The van der Waals surface area contributed by atoms with E-state index in [2.05, 4.69) is 0 Å². The Hall–Kier alpha value is -0.700. The first-order chi connectivity index (χ1) is 5.86. The first-order valence-electron chi connectivity index (χ1n) is 3.69. The van der Waals surface area contributed by atoms with Gasteiger partial charge in [-0.15, -0.1) is 0 Å². The molecule has 0 fully saturated rings. The van der Waals surface area contributed by atoms with Crippen LogP contribution in [-0.2, 0) is 0 Å². The molecular weight excluding hydrogens is 175 g/mol. The molecule has 62 valence electrons. The van der Waals surface area contributed by atoms with Gasteiger partial charge in [0.05, 0.1) is 6.26 Å². The van der Waals surface area contributed by atoms with Crippen LogP contribution in [0.3, 0.4) is 0 Å². The molecule has 0 atom stereocenters. The van der Waals surface area contributed by atoms with Crippen LogP contribution in [0.25, 0.3) is 11.3 Å². The standard InChI is InChI=1S/C10H8O2.Na.H/c11-9-5-3-8(4-6-9)10-2-1-7-12-10;;/h1-7,11H;;. The second-order valence-electron chi connectivity index (χ2n) is 2.52. The summed E-state index contributed by atoms with van der Waals surface area (Å²) in [6.45, 7) is 0. The van der Waals surface area contributed by atoms with Gasteiger partial charge >= 0.3 is 29.6 Å². The molecule has 2 aromatic rings. The number of rotatable bonds is 1. The van der Waals surface area contributed by atoms with Crippen LogP contribution in [0.1, 0.15) is 0 Å². The number of phenolic OH excluding ortho intramolecular Hbond substituents is 1. The third-order valence-electron chi connectivity index (χ3n) is 1.67. The van der Waals surface area contributed by atoms with E-state index in [9.17, 15) is 0 Å². The van der Waals surface area contributed by atoms with E-state index in [0.29, 0.717) is 0 Å². The molecule has 1 N–H and O–H groups in total. The molecule has 0 aliphatic heterocycles. The number of phenols is 1. The average molecular weight is 184 g/mol. The van der Waals surface area contributed by atoms with Gasteiger partial charge in [-0.05, 0) is 36.4 Å². The van der Waals surface area contributed by atoms with Gasteiger partial charge in [0.2, 0.25) is 0 Å². The van der Waals surface area contributed by atoms with E-state index in [1.54, 1.807) is 18.4 Å². The quantitative estimate of drug-likeness (QED) is 0.687. The van der Waals surface area contributed by atoms with Crippen LogP contribution >= 0.6 is 0 Å². The molecule has 2 nitrogen and oxygen atoms in total. The van der Waals surface area contributed by atoms with Gasteiger partial charge in [0, 0.05) is 5.56 Å². The van der Waals surface area contributed by atoms with Gasteiger partial charge in [-0.2, -0.15) is 0 Å². The van der Waals surface area contributed by atoms with Crippen LogP contribution in [0.2, 0.25) is 0 Å². The zero-order chi connectivity index (χ0) is 8.39. The second-order valence-corrected chi connectivity index (χ2v) is 2.52. The normalized spacial score (nSPS) is 9.23.